The lowest BCUT2D eigenvalue weighted by Crippen LogP contribution is -2.39. The number of nitrogens with zero attached hydrogens (tertiary/aromatic N) is 2. The first-order valence-corrected chi connectivity index (χ1v) is 8.09. The van der Waals surface area contributed by atoms with Crippen molar-refractivity contribution in [2.75, 3.05) is 44.3 Å². The number of hydrogen-bond donors (Lipinski definition) is 2. The van der Waals surface area contributed by atoms with E-state index in [9.17, 15) is 4.79 Å². The molecule has 1 aromatic heterocycles. The number of rotatable bonds is 4. The summed E-state index contributed by atoms with van der Waals surface area (Å²) in [6.07, 6.45) is 1.54. The van der Waals surface area contributed by atoms with E-state index in [1.807, 2.05) is 11.8 Å². The van der Waals surface area contributed by atoms with Gasteiger partial charge in [0.05, 0.1) is 0 Å². The Bertz CT molecular complexity index is 516. The summed E-state index contributed by atoms with van der Waals surface area (Å²) >= 11 is 1.98. The van der Waals surface area contributed by atoms with E-state index < -0.39 is 0 Å². The molecule has 112 valence electrons. The minimum absolute atomic E-state index is 0.164. The van der Waals surface area contributed by atoms with E-state index >= 15 is 0 Å². The van der Waals surface area contributed by atoms with Gasteiger partial charge in [-0.15, -0.1) is 0 Å². The number of pyridine rings is 1. The zero-order chi connectivity index (χ0) is 14.9. The van der Waals surface area contributed by atoms with E-state index in [4.69, 9.17) is 5.11 Å². The number of carbonyl (C=O) groups excluding carboxylic acids is 1. The highest BCUT2D eigenvalue weighted by Gasteiger charge is 2.11. The highest BCUT2D eigenvalue weighted by Crippen LogP contribution is 2.08. The number of carbonyl (C=O) groups is 1. The lowest BCUT2D eigenvalue weighted by atomic mass is 10.2. The van der Waals surface area contributed by atoms with Crippen LogP contribution in [0.2, 0.25) is 0 Å². The Morgan fingerprint density at radius 2 is 2.24 bits per heavy atom. The molecular weight excluding hydrogens is 286 g/mol. The third-order valence-corrected chi connectivity index (χ3v) is 4.07. The van der Waals surface area contributed by atoms with Crippen LogP contribution in [0.4, 0.5) is 0 Å². The van der Waals surface area contributed by atoms with Gasteiger partial charge in [0.1, 0.15) is 12.3 Å². The molecule has 5 nitrogen and oxygen atoms in total. The largest absolute Gasteiger partial charge is 0.384 e. The molecule has 1 amide bonds. The smallest absolute Gasteiger partial charge is 0.269 e. The number of thioether (sulfide) groups is 1. The average Bonchev–Trinajstić information content (AvgIpc) is 2.54. The maximum atomic E-state index is 11.9. The molecule has 2 rings (SSSR count). The molecule has 1 saturated heterocycles. The molecule has 0 radical (unpaired) electrons. The van der Waals surface area contributed by atoms with Gasteiger partial charge >= 0.3 is 0 Å². The summed E-state index contributed by atoms with van der Waals surface area (Å²) in [5, 5.41) is 11.5. The molecule has 2 heterocycles. The van der Waals surface area contributed by atoms with Gasteiger partial charge < -0.3 is 10.4 Å². The van der Waals surface area contributed by atoms with Crippen LogP contribution in [0.3, 0.4) is 0 Å². The first-order chi connectivity index (χ1) is 10.3. The summed E-state index contributed by atoms with van der Waals surface area (Å²) in [5.41, 5.74) is 1.07. The lowest BCUT2D eigenvalue weighted by Gasteiger charge is -2.25. The zero-order valence-corrected chi connectivity index (χ0v) is 12.7. The second-order valence-corrected chi connectivity index (χ2v) is 5.83. The minimum Gasteiger partial charge on any atom is -0.384 e. The molecule has 0 atom stereocenters. The van der Waals surface area contributed by atoms with Gasteiger partial charge in [-0.2, -0.15) is 11.8 Å². The van der Waals surface area contributed by atoms with Gasteiger partial charge in [-0.1, -0.05) is 11.8 Å². The fourth-order valence-corrected chi connectivity index (χ4v) is 2.97. The maximum absolute atomic E-state index is 11.9. The highest BCUT2D eigenvalue weighted by molar-refractivity contribution is 7.99. The lowest BCUT2D eigenvalue weighted by molar-refractivity contribution is 0.0944. The van der Waals surface area contributed by atoms with Crippen LogP contribution in [0.1, 0.15) is 16.1 Å². The van der Waals surface area contributed by atoms with Gasteiger partial charge in [0.25, 0.3) is 5.91 Å². The standard InChI is InChI=1S/C15H19N3O2S/c19-9-1-2-13-3-4-14(17-12-13)15(20)16-5-6-18-7-10-21-11-8-18/h3-4,12,19H,5-11H2,(H,16,20). The first-order valence-electron chi connectivity index (χ1n) is 6.93. The van der Waals surface area contributed by atoms with Crippen molar-refractivity contribution >= 4 is 17.7 Å². The van der Waals surface area contributed by atoms with Crippen molar-refractivity contribution in [1.82, 2.24) is 15.2 Å². The van der Waals surface area contributed by atoms with Crippen LogP contribution in [0.25, 0.3) is 0 Å². The van der Waals surface area contributed by atoms with Crippen LogP contribution < -0.4 is 5.32 Å². The van der Waals surface area contributed by atoms with Gasteiger partial charge in [0.15, 0.2) is 0 Å². The van der Waals surface area contributed by atoms with Gasteiger partial charge in [-0.3, -0.25) is 9.69 Å². The topological polar surface area (TPSA) is 65.5 Å². The molecule has 1 fully saturated rings. The average molecular weight is 305 g/mol. The summed E-state index contributed by atoms with van der Waals surface area (Å²) < 4.78 is 0. The third-order valence-electron chi connectivity index (χ3n) is 3.13. The summed E-state index contributed by atoms with van der Waals surface area (Å²) in [5.74, 6) is 7.47. The SMILES string of the molecule is O=C(NCCN1CCSCC1)c1ccc(C#CCO)cn1. The monoisotopic (exact) mass is 305 g/mol. The van der Waals surface area contributed by atoms with Gasteiger partial charge in [0, 0.05) is 49.4 Å². The van der Waals surface area contributed by atoms with E-state index in [1.165, 1.54) is 11.5 Å². The van der Waals surface area contributed by atoms with Crippen LogP contribution in [-0.4, -0.2) is 65.2 Å². The number of aromatic nitrogens is 1. The Hall–Kier alpha value is -1.55. The van der Waals surface area contributed by atoms with Crippen LogP contribution in [0.5, 0.6) is 0 Å². The Balaban J connectivity index is 1.77. The molecule has 0 aliphatic carbocycles. The summed E-state index contributed by atoms with van der Waals surface area (Å²) in [6.45, 7) is 3.52. The van der Waals surface area contributed by atoms with Crippen LogP contribution in [0.15, 0.2) is 18.3 Å². The molecule has 0 spiro atoms. The quantitative estimate of drug-likeness (QED) is 0.778. The fraction of sp³-hybridized carbons (Fsp3) is 0.467. The molecular formula is C15H19N3O2S. The van der Waals surface area contributed by atoms with Crippen molar-refractivity contribution in [3.05, 3.63) is 29.6 Å². The number of aliphatic hydroxyl groups excluding tert-OH is 1. The molecule has 6 heteroatoms. The van der Waals surface area contributed by atoms with Crippen molar-refractivity contribution in [2.45, 2.75) is 0 Å². The van der Waals surface area contributed by atoms with E-state index in [2.05, 4.69) is 27.0 Å². The number of nitrogens with one attached hydrogen (secondary N) is 1. The van der Waals surface area contributed by atoms with E-state index in [0.29, 0.717) is 17.8 Å². The fourth-order valence-electron chi connectivity index (χ4n) is 1.99. The Morgan fingerprint density at radius 3 is 2.90 bits per heavy atom. The Kier molecular flexibility index (Phi) is 6.54. The van der Waals surface area contributed by atoms with Gasteiger partial charge in [-0.25, -0.2) is 4.98 Å². The second-order valence-electron chi connectivity index (χ2n) is 4.60. The molecule has 1 aromatic rings. The van der Waals surface area contributed by atoms with Crippen LogP contribution >= 0.6 is 11.8 Å². The highest BCUT2D eigenvalue weighted by atomic mass is 32.2. The van der Waals surface area contributed by atoms with Crippen molar-refractivity contribution in [2.24, 2.45) is 0 Å². The molecule has 1 aliphatic heterocycles. The minimum atomic E-state index is -0.183. The maximum Gasteiger partial charge on any atom is 0.269 e. The summed E-state index contributed by atoms with van der Waals surface area (Å²) in [4.78, 5) is 18.4. The Morgan fingerprint density at radius 1 is 1.43 bits per heavy atom. The summed E-state index contributed by atoms with van der Waals surface area (Å²) in [6, 6.07) is 3.38. The van der Waals surface area contributed by atoms with Crippen molar-refractivity contribution in [3.8, 4) is 11.8 Å². The molecule has 0 unspecified atom stereocenters. The molecule has 21 heavy (non-hydrogen) atoms. The molecule has 1 aliphatic rings. The van der Waals surface area contributed by atoms with Crippen molar-refractivity contribution in [3.63, 3.8) is 0 Å². The molecule has 2 N–H and O–H groups in total. The molecule has 0 bridgehead atoms. The zero-order valence-electron chi connectivity index (χ0n) is 11.8. The predicted molar refractivity (Wildman–Crippen MR) is 84.3 cm³/mol. The summed E-state index contributed by atoms with van der Waals surface area (Å²) in [7, 11) is 0. The first kappa shape index (κ1) is 15.8. The van der Waals surface area contributed by atoms with Crippen molar-refractivity contribution in [1.29, 1.82) is 0 Å². The number of hydrogen-bond acceptors (Lipinski definition) is 5. The third kappa shape index (κ3) is 5.38. The normalized spacial score (nSPS) is 15.1. The van der Waals surface area contributed by atoms with Gasteiger partial charge in [0.2, 0.25) is 0 Å². The van der Waals surface area contributed by atoms with Crippen molar-refractivity contribution < 1.29 is 9.90 Å². The second kappa shape index (κ2) is 8.67. The van der Waals surface area contributed by atoms with Crippen LogP contribution in [0, 0.1) is 11.8 Å². The van der Waals surface area contributed by atoms with E-state index in [0.717, 1.165) is 19.6 Å². The van der Waals surface area contributed by atoms with Crippen LogP contribution in [-0.2, 0) is 0 Å². The van der Waals surface area contributed by atoms with Gasteiger partial charge in [-0.05, 0) is 12.1 Å². The van der Waals surface area contributed by atoms with E-state index in [-0.39, 0.29) is 12.5 Å². The Labute approximate surface area is 129 Å². The molecule has 0 aromatic carbocycles. The van der Waals surface area contributed by atoms with E-state index in [1.54, 1.807) is 18.3 Å². The predicted octanol–water partition coefficient (Wildman–Crippen LogP) is 0.204. The molecule has 0 saturated carbocycles. The number of amides is 1. The number of aliphatic hydroxyl groups is 1.